The van der Waals surface area contributed by atoms with Gasteiger partial charge in [0, 0.05) is 6.20 Å². The van der Waals surface area contributed by atoms with E-state index in [2.05, 4.69) is 15.3 Å². The van der Waals surface area contributed by atoms with E-state index in [0.717, 1.165) is 16.8 Å². The van der Waals surface area contributed by atoms with Crippen molar-refractivity contribution in [1.29, 1.82) is 0 Å². The highest BCUT2D eigenvalue weighted by atomic mass is 16.5. The van der Waals surface area contributed by atoms with Crippen molar-refractivity contribution in [3.63, 3.8) is 0 Å². The van der Waals surface area contributed by atoms with E-state index in [0.29, 0.717) is 11.5 Å². The Morgan fingerprint density at radius 2 is 1.81 bits per heavy atom. The normalized spacial score (nSPS) is 10.7. The fourth-order valence-electron chi connectivity index (χ4n) is 2.86. The molecule has 2 aromatic heterocycles. The first-order chi connectivity index (χ1) is 13.3. The number of nitrogens with one attached hydrogen (secondary N) is 1. The molecule has 4 aromatic rings. The van der Waals surface area contributed by atoms with E-state index in [4.69, 9.17) is 4.74 Å². The molecule has 2 aromatic carbocycles. The highest BCUT2D eigenvalue weighted by Crippen LogP contribution is 2.18. The molecular formula is C21H18N4O2. The Morgan fingerprint density at radius 3 is 2.63 bits per heavy atom. The first-order valence-electron chi connectivity index (χ1n) is 8.61. The number of fused-ring (bicyclic) bond motifs is 1. The number of para-hydroxylation sites is 3. The van der Waals surface area contributed by atoms with Crippen molar-refractivity contribution in [3.8, 4) is 5.75 Å². The molecule has 0 unspecified atom stereocenters. The first kappa shape index (κ1) is 16.8. The Morgan fingerprint density at radius 1 is 1.00 bits per heavy atom. The molecule has 2 heterocycles. The van der Waals surface area contributed by atoms with Crippen LogP contribution in [0.5, 0.6) is 5.75 Å². The third-order valence-corrected chi connectivity index (χ3v) is 4.09. The minimum atomic E-state index is -0.146. The van der Waals surface area contributed by atoms with E-state index < -0.39 is 0 Å². The molecule has 4 rings (SSSR count). The first-order valence-corrected chi connectivity index (χ1v) is 8.61. The topological polar surface area (TPSA) is 69.0 Å². The zero-order chi connectivity index (χ0) is 18.5. The third kappa shape index (κ3) is 3.95. The Labute approximate surface area is 156 Å². The lowest BCUT2D eigenvalue weighted by atomic mass is 10.3. The maximum atomic E-state index is 12.5. The molecule has 1 amide bonds. The van der Waals surface area contributed by atoms with Gasteiger partial charge in [-0.05, 0) is 36.4 Å². The second kappa shape index (κ2) is 7.70. The number of pyridine rings is 1. The van der Waals surface area contributed by atoms with Gasteiger partial charge in [0.2, 0.25) is 5.91 Å². The van der Waals surface area contributed by atoms with E-state index in [1.165, 1.54) is 0 Å². The molecule has 0 bridgehead atoms. The van der Waals surface area contributed by atoms with Crippen LogP contribution in [0.4, 0.5) is 5.69 Å². The molecule has 0 fully saturated rings. The van der Waals surface area contributed by atoms with Crippen LogP contribution in [0.1, 0.15) is 5.82 Å². The number of carbonyl (C=O) groups excluding carboxylic acids is 1. The Hall–Kier alpha value is -3.67. The molecule has 0 aliphatic rings. The van der Waals surface area contributed by atoms with E-state index in [1.54, 1.807) is 24.5 Å². The van der Waals surface area contributed by atoms with Crippen molar-refractivity contribution in [1.82, 2.24) is 14.5 Å². The number of carbonyl (C=O) groups is 1. The van der Waals surface area contributed by atoms with Gasteiger partial charge in [0.1, 0.15) is 24.7 Å². The van der Waals surface area contributed by atoms with Crippen LogP contribution in [0.15, 0.2) is 79.1 Å². The van der Waals surface area contributed by atoms with Crippen molar-refractivity contribution in [3.05, 3.63) is 84.9 Å². The zero-order valence-corrected chi connectivity index (χ0v) is 14.6. The summed E-state index contributed by atoms with van der Waals surface area (Å²) in [6.45, 7) is 0.418. The summed E-state index contributed by atoms with van der Waals surface area (Å²) in [5.41, 5.74) is 2.39. The molecule has 0 spiro atoms. The summed E-state index contributed by atoms with van der Waals surface area (Å²) in [7, 11) is 0. The largest absolute Gasteiger partial charge is 0.486 e. The summed E-state index contributed by atoms with van der Waals surface area (Å²) in [5, 5.41) is 2.86. The molecule has 0 radical (unpaired) electrons. The molecule has 0 saturated heterocycles. The van der Waals surface area contributed by atoms with Crippen LogP contribution < -0.4 is 10.1 Å². The molecule has 0 aliphatic heterocycles. The number of anilines is 1. The number of aromatic nitrogens is 3. The summed E-state index contributed by atoms with van der Waals surface area (Å²) in [6.07, 6.45) is 3.28. The second-order valence-corrected chi connectivity index (χ2v) is 5.99. The lowest BCUT2D eigenvalue weighted by Gasteiger charge is -2.11. The summed E-state index contributed by atoms with van der Waals surface area (Å²) in [4.78, 5) is 21.2. The van der Waals surface area contributed by atoms with Crippen LogP contribution in [0.3, 0.4) is 0 Å². The lowest BCUT2D eigenvalue weighted by Crippen LogP contribution is -2.20. The molecule has 1 N–H and O–H groups in total. The quantitative estimate of drug-likeness (QED) is 0.571. The molecule has 6 nitrogen and oxygen atoms in total. The fraction of sp³-hybridized carbons (Fsp3) is 0.0952. The van der Waals surface area contributed by atoms with Crippen LogP contribution >= 0.6 is 0 Å². The number of amides is 1. The average molecular weight is 358 g/mol. The van der Waals surface area contributed by atoms with E-state index >= 15 is 0 Å². The SMILES string of the molecule is O=C(Cn1c(COc2ccccc2)nc2ccccc21)Nc1cccnc1. The average Bonchev–Trinajstić information content (AvgIpc) is 3.05. The minimum absolute atomic E-state index is 0.142. The highest BCUT2D eigenvalue weighted by molar-refractivity contribution is 5.91. The molecule has 27 heavy (non-hydrogen) atoms. The molecular weight excluding hydrogens is 340 g/mol. The number of rotatable bonds is 6. The van der Waals surface area contributed by atoms with Crippen LogP contribution in [-0.2, 0) is 17.9 Å². The van der Waals surface area contributed by atoms with Gasteiger partial charge in [0.25, 0.3) is 0 Å². The van der Waals surface area contributed by atoms with Gasteiger partial charge in [-0.25, -0.2) is 4.98 Å². The van der Waals surface area contributed by atoms with Crippen molar-refractivity contribution in [2.75, 3.05) is 5.32 Å². The van der Waals surface area contributed by atoms with Crippen molar-refractivity contribution < 1.29 is 9.53 Å². The Balaban J connectivity index is 1.57. The van der Waals surface area contributed by atoms with Crippen molar-refractivity contribution in [2.24, 2.45) is 0 Å². The van der Waals surface area contributed by atoms with Gasteiger partial charge in [-0.2, -0.15) is 0 Å². The number of hydrogen-bond acceptors (Lipinski definition) is 4. The zero-order valence-electron chi connectivity index (χ0n) is 14.6. The Kier molecular flexibility index (Phi) is 4.78. The van der Waals surface area contributed by atoms with Crippen molar-refractivity contribution in [2.45, 2.75) is 13.2 Å². The molecule has 0 saturated carbocycles. The smallest absolute Gasteiger partial charge is 0.244 e. The van der Waals surface area contributed by atoms with Gasteiger partial charge in [0.05, 0.1) is 22.9 Å². The Bertz CT molecular complexity index is 1050. The summed E-state index contributed by atoms with van der Waals surface area (Å²) in [5.74, 6) is 1.31. The van der Waals surface area contributed by atoms with E-state index in [9.17, 15) is 4.79 Å². The molecule has 134 valence electrons. The van der Waals surface area contributed by atoms with Gasteiger partial charge in [-0.15, -0.1) is 0 Å². The molecule has 0 atom stereocenters. The predicted octanol–water partition coefficient (Wildman–Crippen LogP) is 3.65. The monoisotopic (exact) mass is 358 g/mol. The fourth-order valence-corrected chi connectivity index (χ4v) is 2.86. The molecule has 6 heteroatoms. The maximum absolute atomic E-state index is 12.5. The van der Waals surface area contributed by atoms with Gasteiger partial charge >= 0.3 is 0 Å². The van der Waals surface area contributed by atoms with E-state index in [-0.39, 0.29) is 19.1 Å². The van der Waals surface area contributed by atoms with Gasteiger partial charge in [-0.3, -0.25) is 9.78 Å². The number of nitrogens with zero attached hydrogens (tertiary/aromatic N) is 3. The second-order valence-electron chi connectivity index (χ2n) is 5.99. The standard InChI is InChI=1S/C21H18N4O2/c26-21(23-16-7-6-12-22-13-16)14-25-19-11-5-4-10-18(19)24-20(25)15-27-17-8-2-1-3-9-17/h1-13H,14-15H2,(H,23,26). The van der Waals surface area contributed by atoms with Gasteiger partial charge in [0.15, 0.2) is 0 Å². The van der Waals surface area contributed by atoms with Gasteiger partial charge < -0.3 is 14.6 Å². The van der Waals surface area contributed by atoms with Gasteiger partial charge in [-0.1, -0.05) is 30.3 Å². The molecule has 0 aliphatic carbocycles. The number of benzene rings is 2. The summed E-state index contributed by atoms with van der Waals surface area (Å²) in [6, 6.07) is 20.9. The van der Waals surface area contributed by atoms with Crippen molar-refractivity contribution >= 4 is 22.6 Å². The van der Waals surface area contributed by atoms with Crippen LogP contribution in [0.2, 0.25) is 0 Å². The van der Waals surface area contributed by atoms with Crippen LogP contribution in [-0.4, -0.2) is 20.4 Å². The summed E-state index contributed by atoms with van der Waals surface area (Å²) < 4.78 is 7.72. The van der Waals surface area contributed by atoms with Crippen LogP contribution in [0.25, 0.3) is 11.0 Å². The number of ether oxygens (including phenoxy) is 1. The lowest BCUT2D eigenvalue weighted by molar-refractivity contribution is -0.116. The minimum Gasteiger partial charge on any atom is -0.486 e. The predicted molar refractivity (Wildman–Crippen MR) is 103 cm³/mol. The number of imidazole rings is 1. The van der Waals surface area contributed by atoms with Crippen LogP contribution in [0, 0.1) is 0 Å². The third-order valence-electron chi connectivity index (χ3n) is 4.09. The maximum Gasteiger partial charge on any atom is 0.244 e. The summed E-state index contributed by atoms with van der Waals surface area (Å²) >= 11 is 0. The number of hydrogen-bond donors (Lipinski definition) is 1. The highest BCUT2D eigenvalue weighted by Gasteiger charge is 2.14. The van der Waals surface area contributed by atoms with E-state index in [1.807, 2.05) is 59.2 Å².